The average molecular weight is 221 g/mol. The molecule has 3 N–H and O–H groups in total. The Hall–Kier alpha value is -1.95. The monoisotopic (exact) mass is 221 g/mol. The first-order chi connectivity index (χ1) is 7.70. The van der Waals surface area contributed by atoms with Gasteiger partial charge in [-0.1, -0.05) is 0 Å². The molecule has 16 heavy (non-hydrogen) atoms. The van der Waals surface area contributed by atoms with Crippen molar-refractivity contribution in [2.75, 3.05) is 6.61 Å². The van der Waals surface area contributed by atoms with Crippen LogP contribution in [0.1, 0.15) is 12.0 Å². The quantitative estimate of drug-likeness (QED) is 0.652. The van der Waals surface area contributed by atoms with Crippen LogP contribution >= 0.6 is 0 Å². The van der Waals surface area contributed by atoms with Gasteiger partial charge in [0.05, 0.1) is 5.39 Å². The lowest BCUT2D eigenvalue weighted by Gasteiger charge is -2.00. The minimum Gasteiger partial charge on any atom is -0.396 e. The van der Waals surface area contributed by atoms with Crippen molar-refractivity contribution in [1.29, 1.82) is 0 Å². The Morgan fingerprint density at radius 1 is 1.31 bits per heavy atom. The molecular formula is C10H11N3O3. The number of hydrogen-bond acceptors (Lipinski definition) is 4. The van der Waals surface area contributed by atoms with Gasteiger partial charge < -0.3 is 5.11 Å². The van der Waals surface area contributed by atoms with Gasteiger partial charge >= 0.3 is 5.69 Å². The maximum absolute atomic E-state index is 11.5. The molecule has 0 saturated heterocycles. The molecule has 0 amide bonds. The number of fused-ring (bicyclic) bond motifs is 1. The van der Waals surface area contributed by atoms with E-state index in [0.717, 1.165) is 5.56 Å². The molecule has 6 heteroatoms. The van der Waals surface area contributed by atoms with Crippen molar-refractivity contribution in [3.63, 3.8) is 0 Å². The summed E-state index contributed by atoms with van der Waals surface area (Å²) in [5.41, 5.74) is 0.130. The van der Waals surface area contributed by atoms with E-state index in [2.05, 4.69) is 15.0 Å². The molecule has 2 heterocycles. The Bertz CT molecular complexity index is 614. The van der Waals surface area contributed by atoms with Gasteiger partial charge in [0.25, 0.3) is 5.56 Å². The van der Waals surface area contributed by atoms with E-state index in [9.17, 15) is 9.59 Å². The van der Waals surface area contributed by atoms with Gasteiger partial charge in [-0.3, -0.25) is 14.8 Å². The fourth-order valence-electron chi connectivity index (χ4n) is 1.51. The van der Waals surface area contributed by atoms with Gasteiger partial charge in [0, 0.05) is 12.8 Å². The second-order valence-electron chi connectivity index (χ2n) is 3.48. The molecule has 0 aliphatic carbocycles. The number of nitrogens with zero attached hydrogens (tertiary/aromatic N) is 1. The van der Waals surface area contributed by atoms with Crippen LogP contribution in [0, 0.1) is 0 Å². The summed E-state index contributed by atoms with van der Waals surface area (Å²) in [6, 6.07) is 1.67. The topological polar surface area (TPSA) is 98.8 Å². The molecule has 0 bridgehead atoms. The fraction of sp³-hybridized carbons (Fsp3) is 0.300. The van der Waals surface area contributed by atoms with E-state index in [1.165, 1.54) is 0 Å². The number of hydrogen-bond donors (Lipinski definition) is 3. The van der Waals surface area contributed by atoms with Gasteiger partial charge in [-0.05, 0) is 24.5 Å². The average Bonchev–Trinajstić information content (AvgIpc) is 2.26. The largest absolute Gasteiger partial charge is 0.396 e. The van der Waals surface area contributed by atoms with E-state index in [-0.39, 0.29) is 12.3 Å². The first-order valence-corrected chi connectivity index (χ1v) is 4.93. The van der Waals surface area contributed by atoms with E-state index >= 15 is 0 Å². The number of H-pyrrole nitrogens is 2. The van der Waals surface area contributed by atoms with Crippen LogP contribution in [0.15, 0.2) is 21.9 Å². The number of rotatable bonds is 3. The highest BCUT2D eigenvalue weighted by Crippen LogP contribution is 2.07. The molecule has 0 saturated carbocycles. The maximum atomic E-state index is 11.5. The predicted molar refractivity (Wildman–Crippen MR) is 58.4 cm³/mol. The molecular weight excluding hydrogens is 210 g/mol. The van der Waals surface area contributed by atoms with Gasteiger partial charge in [-0.2, -0.15) is 0 Å². The van der Waals surface area contributed by atoms with Crippen LogP contribution in [0.3, 0.4) is 0 Å². The summed E-state index contributed by atoms with van der Waals surface area (Å²) in [5, 5.41) is 9.05. The van der Waals surface area contributed by atoms with E-state index in [4.69, 9.17) is 5.11 Å². The third-order valence-corrected chi connectivity index (χ3v) is 2.27. The summed E-state index contributed by atoms with van der Waals surface area (Å²) in [6.45, 7) is 0.0972. The number of pyridine rings is 1. The Kier molecular flexibility index (Phi) is 2.82. The van der Waals surface area contributed by atoms with Crippen molar-refractivity contribution in [3.8, 4) is 0 Å². The highest BCUT2D eigenvalue weighted by atomic mass is 16.3. The van der Waals surface area contributed by atoms with Gasteiger partial charge in [0.1, 0.15) is 5.65 Å². The predicted octanol–water partition coefficient (Wildman–Crippen LogP) is -0.464. The highest BCUT2D eigenvalue weighted by molar-refractivity contribution is 5.73. The van der Waals surface area contributed by atoms with Crippen LogP contribution in [0.5, 0.6) is 0 Å². The second-order valence-corrected chi connectivity index (χ2v) is 3.48. The van der Waals surface area contributed by atoms with Crippen LogP contribution in [-0.2, 0) is 6.42 Å². The standard InChI is InChI=1S/C10H11N3O3/c14-3-1-2-6-4-7-8(11-5-6)12-10(16)13-9(7)15/h4-5,14H,1-3H2,(H2,11,12,13,15,16). The molecule has 2 aromatic heterocycles. The number of aromatic nitrogens is 3. The molecule has 6 nitrogen and oxygen atoms in total. The smallest absolute Gasteiger partial charge is 0.327 e. The van der Waals surface area contributed by atoms with Gasteiger partial charge in [-0.15, -0.1) is 0 Å². The lowest BCUT2D eigenvalue weighted by atomic mass is 10.1. The van der Waals surface area contributed by atoms with Crippen molar-refractivity contribution in [2.45, 2.75) is 12.8 Å². The zero-order valence-corrected chi connectivity index (χ0v) is 8.49. The highest BCUT2D eigenvalue weighted by Gasteiger charge is 2.03. The molecule has 84 valence electrons. The van der Waals surface area contributed by atoms with Gasteiger partial charge in [0.15, 0.2) is 0 Å². The summed E-state index contributed by atoms with van der Waals surface area (Å²) in [6.07, 6.45) is 2.86. The third kappa shape index (κ3) is 2.01. The van der Waals surface area contributed by atoms with Gasteiger partial charge in [-0.25, -0.2) is 9.78 Å². The Morgan fingerprint density at radius 3 is 2.88 bits per heavy atom. The van der Waals surface area contributed by atoms with E-state index in [0.29, 0.717) is 18.2 Å². The molecule has 0 radical (unpaired) electrons. The van der Waals surface area contributed by atoms with Crippen LogP contribution < -0.4 is 11.2 Å². The summed E-state index contributed by atoms with van der Waals surface area (Å²) in [4.78, 5) is 31.0. The number of aliphatic hydroxyl groups excluding tert-OH is 1. The van der Waals surface area contributed by atoms with Crippen LogP contribution in [0.25, 0.3) is 11.0 Å². The number of aliphatic hydroxyl groups is 1. The normalized spacial score (nSPS) is 10.8. The molecule has 0 unspecified atom stereocenters. The Balaban J connectivity index is 2.53. The van der Waals surface area contributed by atoms with Crippen molar-refractivity contribution in [2.24, 2.45) is 0 Å². The summed E-state index contributed by atoms with van der Waals surface area (Å²) in [5.74, 6) is 0. The summed E-state index contributed by atoms with van der Waals surface area (Å²) in [7, 11) is 0. The first-order valence-electron chi connectivity index (χ1n) is 4.93. The lowest BCUT2D eigenvalue weighted by molar-refractivity contribution is 0.288. The van der Waals surface area contributed by atoms with E-state index in [1.54, 1.807) is 12.3 Å². The fourth-order valence-corrected chi connectivity index (χ4v) is 1.51. The Labute approximate surface area is 90.0 Å². The third-order valence-electron chi connectivity index (χ3n) is 2.27. The zero-order valence-electron chi connectivity index (χ0n) is 8.49. The van der Waals surface area contributed by atoms with Crippen LogP contribution in [-0.4, -0.2) is 26.7 Å². The molecule has 2 aromatic rings. The van der Waals surface area contributed by atoms with E-state index < -0.39 is 11.2 Å². The molecule has 0 aromatic carbocycles. The molecule has 0 spiro atoms. The van der Waals surface area contributed by atoms with Crippen LogP contribution in [0.2, 0.25) is 0 Å². The van der Waals surface area contributed by atoms with Crippen LogP contribution in [0.4, 0.5) is 0 Å². The van der Waals surface area contributed by atoms with Crippen molar-refractivity contribution >= 4 is 11.0 Å². The molecule has 2 rings (SSSR count). The van der Waals surface area contributed by atoms with Crippen molar-refractivity contribution in [3.05, 3.63) is 38.7 Å². The molecule has 0 aliphatic rings. The molecule has 0 atom stereocenters. The summed E-state index contributed by atoms with van der Waals surface area (Å²) < 4.78 is 0. The minimum atomic E-state index is -0.562. The lowest BCUT2D eigenvalue weighted by Crippen LogP contribution is -2.22. The SMILES string of the molecule is O=c1[nH]c(=O)c2cc(CCCO)cnc2[nH]1. The minimum absolute atomic E-state index is 0.0972. The van der Waals surface area contributed by atoms with Gasteiger partial charge in [0.2, 0.25) is 0 Å². The maximum Gasteiger partial charge on any atom is 0.327 e. The molecule has 0 aliphatic heterocycles. The number of aryl methyl sites for hydroxylation is 1. The summed E-state index contributed by atoms with van der Waals surface area (Å²) >= 11 is 0. The zero-order chi connectivity index (χ0) is 11.5. The second kappa shape index (κ2) is 4.28. The number of nitrogens with one attached hydrogen (secondary N) is 2. The van der Waals surface area contributed by atoms with E-state index in [1.807, 2.05) is 0 Å². The van der Waals surface area contributed by atoms with Crippen molar-refractivity contribution in [1.82, 2.24) is 15.0 Å². The molecule has 0 fully saturated rings. The van der Waals surface area contributed by atoms with Crippen molar-refractivity contribution < 1.29 is 5.11 Å². The Morgan fingerprint density at radius 2 is 2.12 bits per heavy atom. The number of aromatic amines is 2. The first kappa shape index (κ1) is 10.6.